The van der Waals surface area contributed by atoms with Crippen LogP contribution in [-0.4, -0.2) is 5.91 Å². The van der Waals surface area contributed by atoms with E-state index in [2.05, 4.69) is 24.9 Å². The molecule has 0 bridgehead atoms. The van der Waals surface area contributed by atoms with E-state index in [0.29, 0.717) is 13.0 Å². The summed E-state index contributed by atoms with van der Waals surface area (Å²) >= 11 is 0. The molecule has 0 aliphatic carbocycles. The van der Waals surface area contributed by atoms with Crippen LogP contribution < -0.4 is 10.1 Å². The summed E-state index contributed by atoms with van der Waals surface area (Å²) in [4.78, 5) is 11.7. The molecule has 2 aromatic rings. The van der Waals surface area contributed by atoms with Crippen molar-refractivity contribution in [2.75, 3.05) is 5.32 Å². The van der Waals surface area contributed by atoms with Gasteiger partial charge in [-0.15, -0.1) is 0 Å². The molecule has 0 fully saturated rings. The molecule has 3 heteroatoms. The molecule has 0 radical (unpaired) electrons. The van der Waals surface area contributed by atoms with Crippen LogP contribution in [0.5, 0.6) is 5.75 Å². The molecule has 1 N–H and O–H groups in total. The van der Waals surface area contributed by atoms with E-state index in [1.807, 2.05) is 44.2 Å². The number of amides is 1. The zero-order chi connectivity index (χ0) is 16.8. The predicted molar refractivity (Wildman–Crippen MR) is 95.7 cm³/mol. The van der Waals surface area contributed by atoms with Crippen molar-refractivity contribution in [1.82, 2.24) is 0 Å². The first-order chi connectivity index (χ1) is 11.0. The van der Waals surface area contributed by atoms with Crippen LogP contribution in [0.2, 0.25) is 0 Å². The Morgan fingerprint density at radius 2 is 2.00 bits per heavy atom. The molecular weight excluding hydrogens is 286 g/mol. The first kappa shape index (κ1) is 16.8. The van der Waals surface area contributed by atoms with Crippen LogP contribution in [0.4, 0.5) is 5.69 Å². The number of carbonyl (C=O) groups excluding carboxylic acids is 1. The predicted octanol–water partition coefficient (Wildman–Crippen LogP) is 4.87. The van der Waals surface area contributed by atoms with Crippen molar-refractivity contribution in [3.63, 3.8) is 0 Å². The van der Waals surface area contributed by atoms with Crippen molar-refractivity contribution in [2.24, 2.45) is 0 Å². The summed E-state index contributed by atoms with van der Waals surface area (Å²) < 4.78 is 5.95. The molecule has 0 aliphatic heterocycles. The minimum absolute atomic E-state index is 0.0101. The SMILES string of the molecule is C=Cc1ccc(NC(=O)CC)c(COc2ccc(C)cc2C)c1. The zero-order valence-corrected chi connectivity index (χ0v) is 14.0. The van der Waals surface area contributed by atoms with E-state index in [0.717, 1.165) is 28.1 Å². The number of aryl methyl sites for hydroxylation is 2. The van der Waals surface area contributed by atoms with E-state index in [-0.39, 0.29) is 5.91 Å². The Labute approximate surface area is 138 Å². The third-order valence-corrected chi connectivity index (χ3v) is 3.67. The molecule has 0 saturated heterocycles. The van der Waals surface area contributed by atoms with Crippen LogP contribution >= 0.6 is 0 Å². The monoisotopic (exact) mass is 309 g/mol. The summed E-state index contributed by atoms with van der Waals surface area (Å²) in [5.74, 6) is 0.844. The molecule has 0 spiro atoms. The summed E-state index contributed by atoms with van der Waals surface area (Å²) in [6, 6.07) is 11.9. The van der Waals surface area contributed by atoms with Crippen molar-refractivity contribution in [1.29, 1.82) is 0 Å². The molecule has 2 aromatic carbocycles. The van der Waals surface area contributed by atoms with Crippen molar-refractivity contribution < 1.29 is 9.53 Å². The topological polar surface area (TPSA) is 38.3 Å². The summed E-state index contributed by atoms with van der Waals surface area (Å²) in [6.07, 6.45) is 2.23. The summed E-state index contributed by atoms with van der Waals surface area (Å²) in [5, 5.41) is 2.92. The lowest BCUT2D eigenvalue weighted by Crippen LogP contribution is -2.12. The third kappa shape index (κ3) is 4.46. The zero-order valence-electron chi connectivity index (χ0n) is 14.0. The van der Waals surface area contributed by atoms with Gasteiger partial charge in [-0.25, -0.2) is 0 Å². The van der Waals surface area contributed by atoms with Crippen molar-refractivity contribution in [3.05, 3.63) is 65.2 Å². The molecule has 0 unspecified atom stereocenters. The first-order valence-electron chi connectivity index (χ1n) is 7.78. The standard InChI is InChI=1S/C20H23NO2/c1-5-16-8-9-18(21-20(22)6-2)17(12-16)13-23-19-10-7-14(3)11-15(19)4/h5,7-12H,1,6,13H2,2-4H3,(H,21,22). The maximum atomic E-state index is 11.7. The van der Waals surface area contributed by atoms with Gasteiger partial charge in [-0.05, 0) is 43.2 Å². The Morgan fingerprint density at radius 3 is 2.65 bits per heavy atom. The minimum atomic E-state index is -0.0101. The van der Waals surface area contributed by atoms with E-state index >= 15 is 0 Å². The average molecular weight is 309 g/mol. The van der Waals surface area contributed by atoms with Gasteiger partial charge in [0.2, 0.25) is 5.91 Å². The fourth-order valence-electron chi connectivity index (χ4n) is 2.34. The van der Waals surface area contributed by atoms with Gasteiger partial charge in [-0.3, -0.25) is 4.79 Å². The molecule has 3 nitrogen and oxygen atoms in total. The Balaban J connectivity index is 2.22. The molecule has 23 heavy (non-hydrogen) atoms. The minimum Gasteiger partial charge on any atom is -0.489 e. The fraction of sp³-hybridized carbons (Fsp3) is 0.250. The molecule has 120 valence electrons. The number of anilines is 1. The van der Waals surface area contributed by atoms with Gasteiger partial charge in [0.05, 0.1) is 0 Å². The number of hydrogen-bond donors (Lipinski definition) is 1. The molecule has 0 heterocycles. The van der Waals surface area contributed by atoms with Gasteiger partial charge in [-0.1, -0.05) is 43.3 Å². The second kappa shape index (κ2) is 7.63. The van der Waals surface area contributed by atoms with Gasteiger partial charge in [0.25, 0.3) is 0 Å². The second-order valence-electron chi connectivity index (χ2n) is 5.58. The number of hydrogen-bond acceptors (Lipinski definition) is 2. The van der Waals surface area contributed by atoms with Gasteiger partial charge in [0.1, 0.15) is 12.4 Å². The van der Waals surface area contributed by atoms with E-state index in [4.69, 9.17) is 4.74 Å². The van der Waals surface area contributed by atoms with Gasteiger partial charge in [0, 0.05) is 17.7 Å². The maximum Gasteiger partial charge on any atom is 0.224 e. The summed E-state index contributed by atoms with van der Waals surface area (Å²) in [5.41, 5.74) is 5.03. The Kier molecular flexibility index (Phi) is 5.58. The molecule has 0 aromatic heterocycles. The highest BCUT2D eigenvalue weighted by Crippen LogP contribution is 2.24. The van der Waals surface area contributed by atoms with Crippen LogP contribution in [0.3, 0.4) is 0 Å². The first-order valence-corrected chi connectivity index (χ1v) is 7.78. The van der Waals surface area contributed by atoms with Gasteiger partial charge in [-0.2, -0.15) is 0 Å². The normalized spacial score (nSPS) is 10.2. The van der Waals surface area contributed by atoms with Crippen LogP contribution in [0.1, 0.15) is 35.6 Å². The van der Waals surface area contributed by atoms with E-state index in [1.54, 1.807) is 6.08 Å². The van der Waals surface area contributed by atoms with E-state index < -0.39 is 0 Å². The van der Waals surface area contributed by atoms with E-state index in [1.165, 1.54) is 5.56 Å². The molecule has 0 saturated carbocycles. The Bertz CT molecular complexity index is 720. The third-order valence-electron chi connectivity index (χ3n) is 3.67. The Morgan fingerprint density at radius 1 is 1.22 bits per heavy atom. The lowest BCUT2D eigenvalue weighted by Gasteiger charge is -2.14. The highest BCUT2D eigenvalue weighted by molar-refractivity contribution is 5.91. The highest BCUT2D eigenvalue weighted by atomic mass is 16.5. The molecule has 1 amide bonds. The lowest BCUT2D eigenvalue weighted by atomic mass is 10.1. The smallest absolute Gasteiger partial charge is 0.224 e. The number of nitrogens with one attached hydrogen (secondary N) is 1. The molecule has 2 rings (SSSR count). The number of ether oxygens (including phenoxy) is 1. The average Bonchev–Trinajstić information content (AvgIpc) is 2.55. The fourth-order valence-corrected chi connectivity index (χ4v) is 2.34. The lowest BCUT2D eigenvalue weighted by molar-refractivity contribution is -0.115. The summed E-state index contributed by atoms with van der Waals surface area (Å²) in [6.45, 7) is 10.1. The van der Waals surface area contributed by atoms with Gasteiger partial charge in [0.15, 0.2) is 0 Å². The number of benzene rings is 2. The Hall–Kier alpha value is -2.55. The van der Waals surface area contributed by atoms with Crippen molar-refractivity contribution in [3.8, 4) is 5.75 Å². The van der Waals surface area contributed by atoms with Gasteiger partial charge >= 0.3 is 0 Å². The number of carbonyl (C=O) groups is 1. The van der Waals surface area contributed by atoms with Crippen LogP contribution in [0.25, 0.3) is 6.08 Å². The molecular formula is C20H23NO2. The van der Waals surface area contributed by atoms with Gasteiger partial charge < -0.3 is 10.1 Å². The largest absolute Gasteiger partial charge is 0.489 e. The maximum absolute atomic E-state index is 11.7. The van der Waals surface area contributed by atoms with Crippen molar-refractivity contribution >= 4 is 17.7 Å². The quantitative estimate of drug-likeness (QED) is 0.826. The molecule has 0 atom stereocenters. The number of rotatable bonds is 6. The highest BCUT2D eigenvalue weighted by Gasteiger charge is 2.08. The summed E-state index contributed by atoms with van der Waals surface area (Å²) in [7, 11) is 0. The van der Waals surface area contributed by atoms with Crippen LogP contribution in [0, 0.1) is 13.8 Å². The van der Waals surface area contributed by atoms with Crippen molar-refractivity contribution in [2.45, 2.75) is 33.8 Å². The second-order valence-corrected chi connectivity index (χ2v) is 5.58. The van der Waals surface area contributed by atoms with Crippen LogP contribution in [-0.2, 0) is 11.4 Å². The van der Waals surface area contributed by atoms with E-state index in [9.17, 15) is 4.79 Å². The molecule has 0 aliphatic rings. The van der Waals surface area contributed by atoms with Crippen LogP contribution in [0.15, 0.2) is 43.0 Å².